The average Bonchev–Trinajstić information content (AvgIpc) is 2.57. The number of nitrogens with zero attached hydrogens (tertiary/aromatic N) is 2. The van der Waals surface area contributed by atoms with E-state index < -0.39 is 0 Å². The quantitative estimate of drug-likeness (QED) is 0.851. The number of aromatic nitrogens is 2. The Hall–Kier alpha value is -0.580. The van der Waals surface area contributed by atoms with Gasteiger partial charge in [0.2, 0.25) is 0 Å². The predicted molar refractivity (Wildman–Crippen MR) is 70.6 cm³/mol. The van der Waals surface area contributed by atoms with Crippen molar-refractivity contribution >= 4 is 11.6 Å². The lowest BCUT2D eigenvalue weighted by Crippen LogP contribution is -2.45. The fraction of sp³-hybridized carbons (Fsp3) is 0.750. The molecular weight excluding hydrogens is 238 g/mol. The van der Waals surface area contributed by atoms with E-state index in [0.717, 1.165) is 22.8 Å². The molecule has 0 radical (unpaired) electrons. The second-order valence-electron chi connectivity index (χ2n) is 4.95. The first-order chi connectivity index (χ1) is 7.84. The van der Waals surface area contributed by atoms with Gasteiger partial charge in [-0.3, -0.25) is 4.68 Å². The first-order valence-corrected chi connectivity index (χ1v) is 6.23. The molecule has 2 N–H and O–H groups in total. The maximum Gasteiger partial charge on any atom is 0.0844 e. The van der Waals surface area contributed by atoms with Crippen LogP contribution in [-0.2, 0) is 0 Å². The molecule has 1 aromatic rings. The molecule has 0 saturated carbocycles. The van der Waals surface area contributed by atoms with Crippen molar-refractivity contribution in [3.63, 3.8) is 0 Å². The monoisotopic (exact) mass is 259 g/mol. The normalized spacial score (nSPS) is 16.9. The molecule has 0 aliphatic heterocycles. The van der Waals surface area contributed by atoms with Crippen molar-refractivity contribution < 1.29 is 5.11 Å². The molecule has 98 valence electrons. The Morgan fingerprint density at radius 1 is 1.53 bits per heavy atom. The number of halogens is 1. The minimum Gasteiger partial charge on any atom is -0.394 e. The van der Waals surface area contributed by atoms with Gasteiger partial charge in [0, 0.05) is 5.54 Å². The van der Waals surface area contributed by atoms with Crippen LogP contribution in [0.5, 0.6) is 0 Å². The highest BCUT2D eigenvalue weighted by atomic mass is 35.5. The van der Waals surface area contributed by atoms with Crippen molar-refractivity contribution in [2.24, 2.45) is 0 Å². The molecule has 0 fully saturated rings. The van der Waals surface area contributed by atoms with Crippen LogP contribution >= 0.6 is 11.6 Å². The van der Waals surface area contributed by atoms with E-state index in [1.54, 1.807) is 0 Å². The molecule has 17 heavy (non-hydrogen) atoms. The van der Waals surface area contributed by atoms with Crippen molar-refractivity contribution in [1.82, 2.24) is 15.1 Å². The van der Waals surface area contributed by atoms with Gasteiger partial charge in [-0.1, -0.05) is 11.6 Å². The molecule has 0 aromatic carbocycles. The number of aliphatic hydroxyl groups excluding tert-OH is 1. The summed E-state index contributed by atoms with van der Waals surface area (Å²) >= 11 is 6.13. The summed E-state index contributed by atoms with van der Waals surface area (Å²) in [5.74, 6) is 0. The molecule has 1 heterocycles. The second-order valence-corrected chi connectivity index (χ2v) is 5.33. The second kappa shape index (κ2) is 5.38. The number of nitrogens with one attached hydrogen (secondary N) is 1. The summed E-state index contributed by atoms with van der Waals surface area (Å²) in [4.78, 5) is 0. The van der Waals surface area contributed by atoms with Gasteiger partial charge in [0.05, 0.1) is 29.1 Å². The van der Waals surface area contributed by atoms with Gasteiger partial charge in [0.1, 0.15) is 0 Å². The molecule has 2 atom stereocenters. The Bertz CT molecular complexity index is 385. The fourth-order valence-corrected chi connectivity index (χ4v) is 2.18. The van der Waals surface area contributed by atoms with E-state index in [2.05, 4.69) is 17.3 Å². The largest absolute Gasteiger partial charge is 0.394 e. The Morgan fingerprint density at radius 3 is 2.47 bits per heavy atom. The SMILES string of the molecule is CNC(C)(CO)CC(C)n1nc(C)c(Cl)c1C. The van der Waals surface area contributed by atoms with Crippen LogP contribution in [0.3, 0.4) is 0 Å². The number of hydrogen-bond donors (Lipinski definition) is 2. The first-order valence-electron chi connectivity index (χ1n) is 5.85. The zero-order valence-corrected chi connectivity index (χ0v) is 12.0. The van der Waals surface area contributed by atoms with E-state index >= 15 is 0 Å². The Balaban J connectivity index is 2.90. The lowest BCUT2D eigenvalue weighted by atomic mass is 9.95. The number of aliphatic hydroxyl groups is 1. The number of aryl methyl sites for hydroxylation is 1. The molecular formula is C12H22ClN3O. The molecule has 0 aliphatic carbocycles. The molecule has 1 aromatic heterocycles. The summed E-state index contributed by atoms with van der Waals surface area (Å²) in [6.07, 6.45) is 0.790. The van der Waals surface area contributed by atoms with E-state index in [-0.39, 0.29) is 18.2 Å². The van der Waals surface area contributed by atoms with E-state index in [1.165, 1.54) is 0 Å². The van der Waals surface area contributed by atoms with Gasteiger partial charge in [-0.25, -0.2) is 0 Å². The van der Waals surface area contributed by atoms with Crippen molar-refractivity contribution in [3.8, 4) is 0 Å². The molecule has 0 saturated heterocycles. The minimum absolute atomic E-state index is 0.0981. The highest BCUT2D eigenvalue weighted by Gasteiger charge is 2.26. The van der Waals surface area contributed by atoms with E-state index in [4.69, 9.17) is 11.6 Å². The van der Waals surface area contributed by atoms with Crippen LogP contribution in [0.1, 0.15) is 37.7 Å². The van der Waals surface area contributed by atoms with Crippen LogP contribution in [0.25, 0.3) is 0 Å². The summed E-state index contributed by atoms with van der Waals surface area (Å²) in [6.45, 7) is 8.05. The maximum absolute atomic E-state index is 9.39. The summed E-state index contributed by atoms with van der Waals surface area (Å²) in [7, 11) is 1.86. The molecule has 0 amide bonds. The van der Waals surface area contributed by atoms with Gasteiger partial charge < -0.3 is 10.4 Å². The van der Waals surface area contributed by atoms with Crippen molar-refractivity contribution in [2.45, 2.75) is 45.7 Å². The molecule has 2 unspecified atom stereocenters. The molecule has 0 bridgehead atoms. The van der Waals surface area contributed by atoms with E-state index in [0.29, 0.717) is 0 Å². The lowest BCUT2D eigenvalue weighted by Gasteiger charge is -2.30. The van der Waals surface area contributed by atoms with Crippen LogP contribution in [0, 0.1) is 13.8 Å². The van der Waals surface area contributed by atoms with Gasteiger partial charge >= 0.3 is 0 Å². The minimum atomic E-state index is -0.293. The molecule has 0 spiro atoms. The number of hydrogen-bond acceptors (Lipinski definition) is 3. The molecule has 0 aliphatic rings. The number of likely N-dealkylation sites (N-methyl/N-ethyl adjacent to an activating group) is 1. The highest BCUT2D eigenvalue weighted by Crippen LogP contribution is 2.26. The summed E-state index contributed by atoms with van der Waals surface area (Å²) in [5.41, 5.74) is 1.54. The third-order valence-corrected chi connectivity index (χ3v) is 3.90. The average molecular weight is 260 g/mol. The van der Waals surface area contributed by atoms with E-state index in [1.807, 2.05) is 32.5 Å². The van der Waals surface area contributed by atoms with E-state index in [9.17, 15) is 5.11 Å². The maximum atomic E-state index is 9.39. The first kappa shape index (κ1) is 14.5. The van der Waals surface area contributed by atoms with Crippen LogP contribution in [0.2, 0.25) is 5.02 Å². The summed E-state index contributed by atoms with van der Waals surface area (Å²) < 4.78 is 1.93. The summed E-state index contributed by atoms with van der Waals surface area (Å²) in [6, 6.07) is 0.186. The Kier molecular flexibility index (Phi) is 4.58. The highest BCUT2D eigenvalue weighted by molar-refractivity contribution is 6.31. The standard InChI is InChI=1S/C12H22ClN3O/c1-8(6-12(4,7-17)14-5)16-10(3)11(13)9(2)15-16/h8,14,17H,6-7H2,1-5H3. The topological polar surface area (TPSA) is 50.1 Å². The van der Waals surface area contributed by atoms with Crippen molar-refractivity contribution in [1.29, 1.82) is 0 Å². The summed E-state index contributed by atoms with van der Waals surface area (Å²) in [5, 5.41) is 17.7. The van der Waals surface area contributed by atoms with Crippen molar-refractivity contribution in [2.75, 3.05) is 13.7 Å². The van der Waals surface area contributed by atoms with Crippen molar-refractivity contribution in [3.05, 3.63) is 16.4 Å². The van der Waals surface area contributed by atoms with Gasteiger partial charge in [-0.2, -0.15) is 5.10 Å². The van der Waals surface area contributed by atoms with Crippen LogP contribution < -0.4 is 5.32 Å². The third kappa shape index (κ3) is 3.00. The molecule has 4 nitrogen and oxygen atoms in total. The smallest absolute Gasteiger partial charge is 0.0844 e. The van der Waals surface area contributed by atoms with Crippen LogP contribution in [0.4, 0.5) is 0 Å². The van der Waals surface area contributed by atoms with Crippen LogP contribution in [0.15, 0.2) is 0 Å². The Labute approximate surface area is 108 Å². The Morgan fingerprint density at radius 2 is 2.12 bits per heavy atom. The zero-order chi connectivity index (χ0) is 13.2. The van der Waals surface area contributed by atoms with Gasteiger partial charge in [-0.05, 0) is 41.2 Å². The van der Waals surface area contributed by atoms with Gasteiger partial charge in [0.25, 0.3) is 0 Å². The number of rotatable bonds is 5. The fourth-order valence-electron chi connectivity index (χ4n) is 2.06. The molecule has 1 rings (SSSR count). The molecule has 5 heteroatoms. The third-order valence-electron chi connectivity index (χ3n) is 3.35. The lowest BCUT2D eigenvalue weighted by molar-refractivity contribution is 0.156. The van der Waals surface area contributed by atoms with Gasteiger partial charge in [-0.15, -0.1) is 0 Å². The predicted octanol–water partition coefficient (Wildman–Crippen LogP) is 2.07. The van der Waals surface area contributed by atoms with Gasteiger partial charge in [0.15, 0.2) is 0 Å². The zero-order valence-electron chi connectivity index (χ0n) is 11.2. The van der Waals surface area contributed by atoms with Crippen LogP contribution in [-0.4, -0.2) is 34.1 Å².